The Morgan fingerprint density at radius 3 is 2.32 bits per heavy atom. The van der Waals surface area contributed by atoms with E-state index in [1.54, 1.807) is 0 Å². The van der Waals surface area contributed by atoms with Crippen LogP contribution in [0, 0.1) is 5.92 Å². The summed E-state index contributed by atoms with van der Waals surface area (Å²) in [6.45, 7) is -0.990. The molecule has 0 radical (unpaired) electrons. The average Bonchev–Trinajstić information content (AvgIpc) is 2.79. The highest BCUT2D eigenvalue weighted by atomic mass is 31.3. The topological polar surface area (TPSA) is 244 Å². The Labute approximate surface area is 171 Å². The van der Waals surface area contributed by atoms with Crippen LogP contribution in [0.4, 0.5) is 4.39 Å². The van der Waals surface area contributed by atoms with Gasteiger partial charge >= 0.3 is 29.2 Å². The molecule has 1 aliphatic rings. The highest BCUT2D eigenvalue weighted by Gasteiger charge is 2.56. The Morgan fingerprint density at radius 1 is 1.19 bits per heavy atom. The average molecular weight is 514 g/mol. The van der Waals surface area contributed by atoms with E-state index in [0.29, 0.717) is 4.57 Å². The van der Waals surface area contributed by atoms with Gasteiger partial charge in [0.25, 0.3) is 5.56 Å². The van der Waals surface area contributed by atoms with Gasteiger partial charge in [0.05, 0.1) is 19.3 Å². The Kier molecular flexibility index (Phi) is 7.65. The largest absolute Gasteiger partial charge is 0.490 e. The van der Waals surface area contributed by atoms with Crippen LogP contribution in [0.5, 0.6) is 0 Å². The number of phosphoric ester groups is 1. The van der Waals surface area contributed by atoms with Gasteiger partial charge in [-0.15, -0.1) is 0 Å². The second-order valence-corrected chi connectivity index (χ2v) is 10.8. The molecule has 0 saturated carbocycles. The van der Waals surface area contributed by atoms with Crippen LogP contribution in [-0.4, -0.2) is 59.2 Å². The van der Waals surface area contributed by atoms with E-state index in [1.807, 2.05) is 4.98 Å². The van der Waals surface area contributed by atoms with Gasteiger partial charge < -0.3 is 29.4 Å². The van der Waals surface area contributed by atoms with Gasteiger partial charge in [0, 0.05) is 18.2 Å². The Hall–Kier alpha value is -1.06. The molecule has 1 saturated heterocycles. The number of alkyl halides is 1. The van der Waals surface area contributed by atoms with Crippen LogP contribution in [0.2, 0.25) is 0 Å². The molecule has 4 unspecified atom stereocenters. The number of aliphatic hydroxyl groups is 1. The Morgan fingerprint density at radius 2 is 1.81 bits per heavy atom. The van der Waals surface area contributed by atoms with Gasteiger partial charge in [-0.3, -0.25) is 18.9 Å². The number of nitrogens with zero attached hydrogens (tertiary/aromatic N) is 1. The van der Waals surface area contributed by atoms with E-state index in [0.717, 1.165) is 19.2 Å². The molecule has 2 rings (SSSR count). The van der Waals surface area contributed by atoms with Crippen molar-refractivity contribution in [1.82, 2.24) is 9.55 Å². The minimum Gasteiger partial charge on any atom is -0.396 e. The fraction of sp³-hybridized carbons (Fsp3) is 0.636. The van der Waals surface area contributed by atoms with Crippen molar-refractivity contribution in [2.45, 2.75) is 24.9 Å². The molecule has 1 aromatic rings. The van der Waals surface area contributed by atoms with E-state index in [1.165, 1.54) is 0 Å². The first-order valence-electron chi connectivity index (χ1n) is 8.02. The van der Waals surface area contributed by atoms with Crippen molar-refractivity contribution in [2.24, 2.45) is 5.92 Å². The lowest BCUT2D eigenvalue weighted by molar-refractivity contribution is -0.0604. The summed E-state index contributed by atoms with van der Waals surface area (Å²) >= 11 is 0. The molecule has 16 nitrogen and oxygen atoms in total. The van der Waals surface area contributed by atoms with Gasteiger partial charge in [-0.25, -0.2) is 22.9 Å². The number of hydrogen-bond donors (Lipinski definition) is 6. The molecule has 0 aromatic carbocycles. The molecule has 20 heteroatoms. The van der Waals surface area contributed by atoms with Crippen LogP contribution in [0.3, 0.4) is 0 Å². The third kappa shape index (κ3) is 6.71. The predicted octanol–water partition coefficient (Wildman–Crippen LogP) is -0.886. The van der Waals surface area contributed by atoms with Crippen molar-refractivity contribution in [3.63, 3.8) is 0 Å². The van der Waals surface area contributed by atoms with E-state index >= 15 is 4.39 Å². The summed E-state index contributed by atoms with van der Waals surface area (Å²) in [6, 6.07) is 0.897. The first-order valence-corrected chi connectivity index (χ1v) is 12.5. The first kappa shape index (κ1) is 26.2. The Balaban J connectivity index is 2.18. The number of rotatable bonds is 9. The molecule has 2 heterocycles. The number of aromatic nitrogens is 2. The molecule has 1 aliphatic heterocycles. The number of ether oxygens (including phenoxy) is 1. The zero-order chi connectivity index (χ0) is 23.8. The highest BCUT2D eigenvalue weighted by Crippen LogP contribution is 2.66. The van der Waals surface area contributed by atoms with Crippen molar-refractivity contribution < 1.29 is 60.6 Å². The van der Waals surface area contributed by atoms with E-state index in [9.17, 15) is 33.3 Å². The fourth-order valence-electron chi connectivity index (χ4n) is 2.81. The lowest BCUT2D eigenvalue weighted by atomic mass is 9.88. The molecular formula is C11H18FN2O14P3. The van der Waals surface area contributed by atoms with Gasteiger partial charge in [-0.05, 0) is 6.92 Å². The van der Waals surface area contributed by atoms with Crippen molar-refractivity contribution in [1.29, 1.82) is 0 Å². The number of halogens is 1. The van der Waals surface area contributed by atoms with Crippen LogP contribution in [-0.2, 0) is 31.6 Å². The molecule has 0 amide bonds. The molecule has 1 aromatic heterocycles. The summed E-state index contributed by atoms with van der Waals surface area (Å²) in [5, 5.41) is 9.52. The summed E-state index contributed by atoms with van der Waals surface area (Å²) in [5.74, 6) is -1.45. The van der Waals surface area contributed by atoms with Crippen LogP contribution < -0.4 is 11.2 Å². The zero-order valence-corrected chi connectivity index (χ0v) is 18.1. The molecule has 31 heavy (non-hydrogen) atoms. The van der Waals surface area contributed by atoms with E-state index in [4.69, 9.17) is 19.4 Å². The van der Waals surface area contributed by atoms with Crippen molar-refractivity contribution in [2.75, 3.05) is 13.2 Å². The standard InChI is InChI=1S/C11H18FN2O14P3/c1-11(12)6(4-15)7(26-9(11)14-3-2-8(16)13-10(14)17)5-25-30(21,22)28-31(23,24)27-29(18,19)20/h2-3,6-7,9,15H,4-5H2,1H3,(H,21,22)(H,23,24)(H,13,16,17)(H2,18,19,20)/t6?,7-,9-,11?/m1/s1. The third-order valence-corrected chi connectivity index (χ3v) is 7.88. The van der Waals surface area contributed by atoms with Gasteiger partial charge in [-0.1, -0.05) is 0 Å². The Bertz CT molecular complexity index is 1060. The number of aliphatic hydroxyl groups excluding tert-OH is 1. The maximum Gasteiger partial charge on any atom is 0.490 e. The van der Waals surface area contributed by atoms with Gasteiger partial charge in [0.2, 0.25) is 0 Å². The smallest absolute Gasteiger partial charge is 0.396 e. The van der Waals surface area contributed by atoms with Crippen LogP contribution in [0.1, 0.15) is 13.2 Å². The quantitative estimate of drug-likeness (QED) is 0.219. The molecule has 0 bridgehead atoms. The lowest BCUT2D eigenvalue weighted by Gasteiger charge is -2.26. The first-order chi connectivity index (χ1) is 14.0. The molecular weight excluding hydrogens is 496 g/mol. The fourth-order valence-corrected chi connectivity index (χ4v) is 5.84. The van der Waals surface area contributed by atoms with E-state index in [-0.39, 0.29) is 0 Å². The third-order valence-electron chi connectivity index (χ3n) is 4.08. The zero-order valence-electron chi connectivity index (χ0n) is 15.4. The molecule has 0 spiro atoms. The van der Waals surface area contributed by atoms with Crippen LogP contribution in [0.25, 0.3) is 0 Å². The summed E-state index contributed by atoms with van der Waals surface area (Å²) in [6.07, 6.45) is -2.32. The maximum absolute atomic E-state index is 15.3. The second kappa shape index (κ2) is 9.06. The van der Waals surface area contributed by atoms with Gasteiger partial charge in [-0.2, -0.15) is 8.62 Å². The molecule has 6 N–H and O–H groups in total. The van der Waals surface area contributed by atoms with Crippen LogP contribution >= 0.6 is 23.5 Å². The molecule has 0 aliphatic carbocycles. The minimum absolute atomic E-state index is 0.662. The second-order valence-electron chi connectivity index (χ2n) is 6.37. The van der Waals surface area contributed by atoms with Crippen molar-refractivity contribution in [3.05, 3.63) is 33.1 Å². The summed E-state index contributed by atoms with van der Waals surface area (Å²) < 4.78 is 66.5. The maximum atomic E-state index is 15.3. The molecule has 1 fully saturated rings. The number of H-pyrrole nitrogens is 1. The summed E-state index contributed by atoms with van der Waals surface area (Å²) in [4.78, 5) is 60.5. The van der Waals surface area contributed by atoms with E-state index in [2.05, 4.69) is 13.1 Å². The number of aromatic amines is 1. The number of hydrogen-bond acceptors (Lipinski definition) is 10. The summed E-state index contributed by atoms with van der Waals surface area (Å²) in [5.41, 5.74) is -4.30. The lowest BCUT2D eigenvalue weighted by Crippen LogP contribution is -2.42. The monoisotopic (exact) mass is 514 g/mol. The summed E-state index contributed by atoms with van der Waals surface area (Å²) in [7, 11) is -16.9. The molecule has 6 atom stereocenters. The van der Waals surface area contributed by atoms with Crippen molar-refractivity contribution >= 4 is 23.5 Å². The van der Waals surface area contributed by atoms with Gasteiger partial charge in [0.15, 0.2) is 11.9 Å². The predicted molar refractivity (Wildman–Crippen MR) is 95.1 cm³/mol. The number of nitrogens with one attached hydrogen (secondary N) is 1. The highest BCUT2D eigenvalue weighted by molar-refractivity contribution is 7.66. The van der Waals surface area contributed by atoms with Gasteiger partial charge in [0.1, 0.15) is 0 Å². The SMILES string of the molecule is CC1(F)C(CO)[C@@H](COP(=O)(O)OP(=O)(O)OP(=O)(O)O)O[C@H]1n1ccc(=O)[nH]c1=O. The normalized spacial score (nSPS) is 30.6. The van der Waals surface area contributed by atoms with Crippen molar-refractivity contribution in [3.8, 4) is 0 Å². The number of phosphoric acid groups is 3. The van der Waals surface area contributed by atoms with E-state index < -0.39 is 71.8 Å². The van der Waals surface area contributed by atoms with Crippen LogP contribution in [0.15, 0.2) is 21.9 Å². The molecule has 178 valence electrons. The minimum atomic E-state index is -5.76.